The summed E-state index contributed by atoms with van der Waals surface area (Å²) in [5, 5.41) is 0. The number of nitrogen functional groups attached to an aromatic ring is 1. The fourth-order valence-electron chi connectivity index (χ4n) is 2.48. The maximum absolute atomic E-state index is 13.3. The van der Waals surface area contributed by atoms with Crippen molar-refractivity contribution in [2.75, 3.05) is 5.73 Å². The predicted octanol–water partition coefficient (Wildman–Crippen LogP) is 4.87. The molecule has 0 aliphatic heterocycles. The average molecular weight is 332 g/mol. The molecule has 0 aromatic heterocycles. The Morgan fingerprint density at radius 1 is 1.04 bits per heavy atom. The summed E-state index contributed by atoms with van der Waals surface area (Å²) in [6.07, 6.45) is 0. The van der Waals surface area contributed by atoms with Gasteiger partial charge in [-0.25, -0.2) is 4.39 Å². The van der Waals surface area contributed by atoms with E-state index in [0.29, 0.717) is 12.3 Å². The van der Waals surface area contributed by atoms with Crippen LogP contribution in [0.5, 0.6) is 0 Å². The van der Waals surface area contributed by atoms with Crippen LogP contribution in [0.15, 0.2) is 36.4 Å². The molecule has 0 unspecified atom stereocenters. The summed E-state index contributed by atoms with van der Waals surface area (Å²) in [5.41, 5.74) is 10.8. The van der Waals surface area contributed by atoms with E-state index < -0.39 is 9.04 Å². The third kappa shape index (κ3) is 4.42. The summed E-state index contributed by atoms with van der Waals surface area (Å²) in [5.74, 6) is -0.315. The third-order valence-corrected chi connectivity index (χ3v) is 4.68. The number of anilines is 1. The van der Waals surface area contributed by atoms with E-state index >= 15 is 0 Å². The van der Waals surface area contributed by atoms with Crippen molar-refractivity contribution in [1.82, 2.24) is 0 Å². The van der Waals surface area contributed by atoms with Crippen molar-refractivity contribution >= 4 is 14.7 Å². The molecule has 0 aliphatic rings. The Balaban J connectivity index is 2.52. The molecule has 4 heteroatoms. The minimum absolute atomic E-state index is 0.0663. The molecule has 0 radical (unpaired) electrons. The molecule has 0 atom stereocenters. The lowest BCUT2D eigenvalue weighted by atomic mass is 9.84. The van der Waals surface area contributed by atoms with Crippen LogP contribution in [-0.2, 0) is 16.4 Å². The van der Waals surface area contributed by atoms with Crippen molar-refractivity contribution in [3.8, 4) is 11.1 Å². The van der Waals surface area contributed by atoms with Crippen LogP contribution in [0.1, 0.15) is 31.9 Å². The highest BCUT2D eigenvalue weighted by atomic mass is 28.3. The van der Waals surface area contributed by atoms with Gasteiger partial charge in [0.25, 0.3) is 0 Å². The van der Waals surface area contributed by atoms with Gasteiger partial charge in [-0.15, -0.1) is 0 Å². The molecular weight excluding hydrogens is 305 g/mol. The first-order valence-corrected chi connectivity index (χ1v) is 10.8. The number of halogens is 1. The third-order valence-electron chi connectivity index (χ3n) is 3.85. The second-order valence-electron chi connectivity index (χ2n) is 7.21. The van der Waals surface area contributed by atoms with E-state index in [4.69, 9.17) is 10.2 Å². The van der Waals surface area contributed by atoms with Crippen molar-refractivity contribution < 1.29 is 8.82 Å². The van der Waals surface area contributed by atoms with E-state index in [1.165, 1.54) is 17.7 Å². The van der Waals surface area contributed by atoms with E-state index in [-0.39, 0.29) is 11.2 Å². The molecule has 0 aliphatic carbocycles. The van der Waals surface area contributed by atoms with Crippen molar-refractivity contribution in [1.29, 1.82) is 0 Å². The molecule has 2 aromatic carbocycles. The van der Waals surface area contributed by atoms with Crippen LogP contribution in [0.3, 0.4) is 0 Å². The quantitative estimate of drug-likeness (QED) is 0.640. The first kappa shape index (κ1) is 17.7. The van der Waals surface area contributed by atoms with Gasteiger partial charge in [0, 0.05) is 11.3 Å². The lowest BCUT2D eigenvalue weighted by Gasteiger charge is -2.22. The van der Waals surface area contributed by atoms with Crippen LogP contribution in [0, 0.1) is 5.82 Å². The summed E-state index contributed by atoms with van der Waals surface area (Å²) >= 11 is 0. The Morgan fingerprint density at radius 3 is 2.26 bits per heavy atom. The SMILES string of the molecule is C[SiH](C)OCc1cc(C(C)(C)C)ccc1-c1ccc(F)cc1N. The Kier molecular flexibility index (Phi) is 5.27. The minimum Gasteiger partial charge on any atom is -0.416 e. The Labute approximate surface area is 140 Å². The molecule has 2 nitrogen and oxygen atoms in total. The molecule has 2 aromatic rings. The Morgan fingerprint density at radius 2 is 1.70 bits per heavy atom. The number of hydrogen-bond acceptors (Lipinski definition) is 2. The van der Waals surface area contributed by atoms with Gasteiger partial charge >= 0.3 is 0 Å². The minimum atomic E-state index is -1.12. The van der Waals surface area contributed by atoms with Gasteiger partial charge in [0.15, 0.2) is 9.04 Å². The van der Waals surface area contributed by atoms with Gasteiger partial charge in [0.2, 0.25) is 0 Å². The van der Waals surface area contributed by atoms with Gasteiger partial charge in [-0.3, -0.25) is 0 Å². The first-order valence-electron chi connectivity index (χ1n) is 7.99. The maximum atomic E-state index is 13.3. The fourth-order valence-corrected chi connectivity index (χ4v) is 2.99. The molecule has 23 heavy (non-hydrogen) atoms. The Hall–Kier alpha value is -1.65. The van der Waals surface area contributed by atoms with E-state index in [1.807, 2.05) is 0 Å². The van der Waals surface area contributed by atoms with Gasteiger partial charge in [-0.2, -0.15) is 0 Å². The highest BCUT2D eigenvalue weighted by molar-refractivity contribution is 6.48. The van der Waals surface area contributed by atoms with Crippen LogP contribution < -0.4 is 5.73 Å². The van der Waals surface area contributed by atoms with Crippen molar-refractivity contribution in [3.05, 3.63) is 53.3 Å². The van der Waals surface area contributed by atoms with E-state index in [2.05, 4.69) is 52.1 Å². The van der Waals surface area contributed by atoms with Gasteiger partial charge < -0.3 is 10.2 Å². The zero-order chi connectivity index (χ0) is 17.2. The molecule has 0 fully saturated rings. The molecule has 2 rings (SSSR count). The summed E-state index contributed by atoms with van der Waals surface area (Å²) in [7, 11) is -1.12. The van der Waals surface area contributed by atoms with Crippen LogP contribution in [0.25, 0.3) is 11.1 Å². The number of hydrogen-bond donors (Lipinski definition) is 1. The van der Waals surface area contributed by atoms with Crippen LogP contribution in [0.2, 0.25) is 13.1 Å². The van der Waals surface area contributed by atoms with Gasteiger partial charge in [-0.05, 0) is 53.4 Å². The van der Waals surface area contributed by atoms with Crippen LogP contribution in [0.4, 0.5) is 10.1 Å². The number of benzene rings is 2. The molecule has 0 bridgehead atoms. The molecule has 0 spiro atoms. The van der Waals surface area contributed by atoms with Gasteiger partial charge in [-0.1, -0.05) is 39.0 Å². The molecule has 124 valence electrons. The van der Waals surface area contributed by atoms with Crippen molar-refractivity contribution in [2.24, 2.45) is 0 Å². The van der Waals surface area contributed by atoms with Crippen LogP contribution >= 0.6 is 0 Å². The highest BCUT2D eigenvalue weighted by Crippen LogP contribution is 2.33. The second-order valence-corrected chi connectivity index (χ2v) is 9.64. The lowest BCUT2D eigenvalue weighted by Crippen LogP contribution is -2.13. The molecule has 0 amide bonds. The molecule has 2 N–H and O–H groups in total. The van der Waals surface area contributed by atoms with Gasteiger partial charge in [0.05, 0.1) is 6.61 Å². The summed E-state index contributed by atoms with van der Waals surface area (Å²) < 4.78 is 19.3. The molecular formula is C19H26FNOSi. The van der Waals surface area contributed by atoms with Gasteiger partial charge in [0.1, 0.15) is 5.82 Å². The standard InChI is InChI=1S/C19H26FNOSi/c1-19(2,3)14-6-8-16(13(10-14)12-22-23(4)5)17-9-7-15(20)11-18(17)21/h6-11,23H,12,21H2,1-5H3. The predicted molar refractivity (Wildman–Crippen MR) is 98.6 cm³/mol. The average Bonchev–Trinajstić information content (AvgIpc) is 2.44. The number of rotatable bonds is 4. The largest absolute Gasteiger partial charge is 0.416 e. The summed E-state index contributed by atoms with van der Waals surface area (Å²) in [6.45, 7) is 11.4. The fraction of sp³-hybridized carbons (Fsp3) is 0.368. The molecule has 0 heterocycles. The zero-order valence-electron chi connectivity index (χ0n) is 14.6. The summed E-state index contributed by atoms with van der Waals surface area (Å²) in [6, 6.07) is 10.9. The zero-order valence-corrected chi connectivity index (χ0v) is 15.8. The van der Waals surface area contributed by atoms with E-state index in [0.717, 1.165) is 16.7 Å². The lowest BCUT2D eigenvalue weighted by molar-refractivity contribution is 0.315. The summed E-state index contributed by atoms with van der Waals surface area (Å²) in [4.78, 5) is 0. The van der Waals surface area contributed by atoms with E-state index in [1.54, 1.807) is 6.07 Å². The molecule has 0 saturated carbocycles. The Bertz CT molecular complexity index is 692. The van der Waals surface area contributed by atoms with Crippen molar-refractivity contribution in [2.45, 2.75) is 45.9 Å². The smallest absolute Gasteiger partial charge is 0.171 e. The normalized spacial score (nSPS) is 12.0. The van der Waals surface area contributed by atoms with Crippen molar-refractivity contribution in [3.63, 3.8) is 0 Å². The number of nitrogens with two attached hydrogens (primary N) is 1. The van der Waals surface area contributed by atoms with E-state index in [9.17, 15) is 4.39 Å². The second kappa shape index (κ2) is 6.85. The highest BCUT2D eigenvalue weighted by Gasteiger charge is 2.17. The molecule has 0 saturated heterocycles. The first-order chi connectivity index (χ1) is 10.7. The van der Waals surface area contributed by atoms with Crippen LogP contribution in [-0.4, -0.2) is 9.04 Å². The topological polar surface area (TPSA) is 35.2 Å². The monoisotopic (exact) mass is 331 g/mol. The maximum Gasteiger partial charge on any atom is 0.171 e.